The normalized spacial score (nSPS) is 19.0. The first kappa shape index (κ1) is 15.3. The van der Waals surface area contributed by atoms with Crippen molar-refractivity contribution in [2.75, 3.05) is 20.1 Å². The average Bonchev–Trinajstić information content (AvgIpc) is 2.82. The summed E-state index contributed by atoms with van der Waals surface area (Å²) in [4.78, 5) is 25.1. The van der Waals surface area contributed by atoms with Gasteiger partial charge in [0.2, 0.25) is 0 Å². The molecule has 0 spiro atoms. The van der Waals surface area contributed by atoms with Crippen molar-refractivity contribution in [1.82, 2.24) is 10.2 Å². The number of likely N-dealkylation sites (N-methyl/N-ethyl adjacent to an activating group) is 1. The Balaban J connectivity index is 2.14. The molecule has 1 aromatic rings. The number of carbonyl (C=O) groups excluding carboxylic acids is 1. The van der Waals surface area contributed by atoms with Gasteiger partial charge in [-0.15, -0.1) is 0 Å². The lowest BCUT2D eigenvalue weighted by Crippen LogP contribution is -2.36. The first-order valence-electron chi connectivity index (χ1n) is 6.97. The number of hydrogen-bond acceptors (Lipinski definition) is 3. The molecule has 5 heteroatoms. The van der Waals surface area contributed by atoms with Crippen molar-refractivity contribution in [3.8, 4) is 0 Å². The third-order valence-electron chi connectivity index (χ3n) is 3.75. The summed E-state index contributed by atoms with van der Waals surface area (Å²) in [6.45, 7) is 3.69. The Kier molecular flexibility index (Phi) is 4.75. The van der Waals surface area contributed by atoms with Crippen molar-refractivity contribution in [3.63, 3.8) is 0 Å². The summed E-state index contributed by atoms with van der Waals surface area (Å²) >= 11 is 0. The molecule has 2 N–H and O–H groups in total. The summed E-state index contributed by atoms with van der Waals surface area (Å²) in [5.74, 6) is -1.10. The molecule has 1 amide bonds. The molecule has 1 atom stereocenters. The number of carboxylic acid groups (broad SMARTS) is 1. The van der Waals surface area contributed by atoms with Crippen molar-refractivity contribution in [3.05, 3.63) is 41.0 Å². The van der Waals surface area contributed by atoms with Gasteiger partial charge in [0.15, 0.2) is 0 Å². The Morgan fingerprint density at radius 3 is 2.81 bits per heavy atom. The zero-order valence-corrected chi connectivity index (χ0v) is 12.3. The van der Waals surface area contributed by atoms with Gasteiger partial charge in [-0.2, -0.15) is 0 Å². The molecule has 0 radical (unpaired) electrons. The largest absolute Gasteiger partial charge is 0.478 e. The molecule has 0 aromatic heterocycles. The lowest BCUT2D eigenvalue weighted by molar-refractivity contribution is -0.131. The predicted molar refractivity (Wildman–Crippen MR) is 81.2 cm³/mol. The fourth-order valence-electron chi connectivity index (χ4n) is 2.56. The molecule has 0 bridgehead atoms. The number of carboxylic acids is 1. The summed E-state index contributed by atoms with van der Waals surface area (Å²) in [6.07, 6.45) is 3.55. The van der Waals surface area contributed by atoms with Gasteiger partial charge in [-0.1, -0.05) is 12.1 Å². The van der Waals surface area contributed by atoms with Crippen LogP contribution in [0.25, 0.3) is 6.08 Å². The fraction of sp³-hybridized carbons (Fsp3) is 0.375. The minimum atomic E-state index is -1.00. The monoisotopic (exact) mass is 288 g/mol. The van der Waals surface area contributed by atoms with Crippen LogP contribution >= 0.6 is 0 Å². The second kappa shape index (κ2) is 6.54. The second-order valence-corrected chi connectivity index (χ2v) is 5.41. The highest BCUT2D eigenvalue weighted by Crippen LogP contribution is 2.16. The van der Waals surface area contributed by atoms with Crippen LogP contribution in [0.4, 0.5) is 0 Å². The molecule has 1 aromatic carbocycles. The summed E-state index contributed by atoms with van der Waals surface area (Å²) < 4.78 is 0. The number of benzene rings is 1. The van der Waals surface area contributed by atoms with Gasteiger partial charge in [0.05, 0.1) is 0 Å². The number of nitrogens with zero attached hydrogens (tertiary/aromatic N) is 1. The van der Waals surface area contributed by atoms with Crippen LogP contribution in [0.3, 0.4) is 0 Å². The van der Waals surface area contributed by atoms with Crippen LogP contribution in [0, 0.1) is 6.92 Å². The molecular formula is C16H20N2O3. The maximum atomic E-state index is 12.3. The van der Waals surface area contributed by atoms with Crippen molar-refractivity contribution >= 4 is 18.0 Å². The minimum absolute atomic E-state index is 0.0987. The van der Waals surface area contributed by atoms with E-state index in [0.717, 1.165) is 36.7 Å². The molecular weight excluding hydrogens is 268 g/mol. The van der Waals surface area contributed by atoms with E-state index in [0.29, 0.717) is 5.56 Å². The molecule has 1 aliphatic heterocycles. The number of amides is 1. The van der Waals surface area contributed by atoms with E-state index in [-0.39, 0.29) is 11.9 Å². The number of aliphatic carboxylic acids is 1. The van der Waals surface area contributed by atoms with Crippen LogP contribution < -0.4 is 5.32 Å². The zero-order chi connectivity index (χ0) is 15.4. The van der Waals surface area contributed by atoms with E-state index in [4.69, 9.17) is 5.11 Å². The minimum Gasteiger partial charge on any atom is -0.478 e. The lowest BCUT2D eigenvalue weighted by Gasteiger charge is -2.14. The maximum Gasteiger partial charge on any atom is 0.328 e. The van der Waals surface area contributed by atoms with Gasteiger partial charge < -0.3 is 15.3 Å². The van der Waals surface area contributed by atoms with Gasteiger partial charge in [-0.3, -0.25) is 4.79 Å². The molecule has 1 aliphatic rings. The summed E-state index contributed by atoms with van der Waals surface area (Å²) in [7, 11) is 2.04. The Labute approximate surface area is 124 Å². The molecule has 1 saturated heterocycles. The third-order valence-corrected chi connectivity index (χ3v) is 3.75. The van der Waals surface area contributed by atoms with Gasteiger partial charge in [-0.05, 0) is 50.2 Å². The van der Waals surface area contributed by atoms with Crippen molar-refractivity contribution in [2.24, 2.45) is 0 Å². The molecule has 1 heterocycles. The fourth-order valence-corrected chi connectivity index (χ4v) is 2.56. The second-order valence-electron chi connectivity index (χ2n) is 5.41. The summed E-state index contributed by atoms with van der Waals surface area (Å²) in [5, 5.41) is 11.7. The zero-order valence-electron chi connectivity index (χ0n) is 12.3. The quantitative estimate of drug-likeness (QED) is 0.824. The molecule has 2 rings (SSSR count). The predicted octanol–water partition coefficient (Wildman–Crippen LogP) is 1.53. The number of likely N-dealkylation sites (tertiary alicyclic amines) is 1. The van der Waals surface area contributed by atoms with Crippen molar-refractivity contribution < 1.29 is 14.7 Å². The number of carbonyl (C=O) groups is 2. The summed E-state index contributed by atoms with van der Waals surface area (Å²) in [6, 6.07) is 5.51. The Bertz CT molecular complexity index is 581. The molecule has 0 aliphatic carbocycles. The first-order chi connectivity index (χ1) is 9.97. The highest BCUT2D eigenvalue weighted by molar-refractivity contribution is 5.97. The van der Waals surface area contributed by atoms with Crippen LogP contribution in [0.15, 0.2) is 24.3 Å². The van der Waals surface area contributed by atoms with Gasteiger partial charge in [0.1, 0.15) is 0 Å². The number of rotatable bonds is 4. The van der Waals surface area contributed by atoms with E-state index in [1.807, 2.05) is 14.0 Å². The van der Waals surface area contributed by atoms with E-state index >= 15 is 0 Å². The van der Waals surface area contributed by atoms with E-state index in [1.165, 1.54) is 6.08 Å². The number of hydrogen-bond donors (Lipinski definition) is 2. The topological polar surface area (TPSA) is 69.6 Å². The van der Waals surface area contributed by atoms with Crippen LogP contribution in [0.2, 0.25) is 0 Å². The van der Waals surface area contributed by atoms with Crippen LogP contribution in [-0.4, -0.2) is 48.1 Å². The van der Waals surface area contributed by atoms with Crippen LogP contribution in [0.1, 0.15) is 27.9 Å². The average molecular weight is 288 g/mol. The Morgan fingerprint density at radius 1 is 1.43 bits per heavy atom. The standard InChI is InChI=1S/C16H20N2O3/c1-11-12(6-7-15(19)20)4-3-5-14(11)16(21)17-13-8-9-18(2)10-13/h3-7,13H,8-10H2,1-2H3,(H,17,21)(H,19,20). The van der Waals surface area contributed by atoms with E-state index in [1.54, 1.807) is 18.2 Å². The third kappa shape index (κ3) is 3.92. The smallest absolute Gasteiger partial charge is 0.328 e. The first-order valence-corrected chi connectivity index (χ1v) is 6.97. The van der Waals surface area contributed by atoms with Crippen LogP contribution in [0.5, 0.6) is 0 Å². The van der Waals surface area contributed by atoms with Crippen molar-refractivity contribution in [2.45, 2.75) is 19.4 Å². The van der Waals surface area contributed by atoms with E-state index in [9.17, 15) is 9.59 Å². The van der Waals surface area contributed by atoms with Gasteiger partial charge in [0.25, 0.3) is 5.91 Å². The highest BCUT2D eigenvalue weighted by Gasteiger charge is 2.22. The van der Waals surface area contributed by atoms with E-state index < -0.39 is 5.97 Å². The van der Waals surface area contributed by atoms with Crippen LogP contribution in [-0.2, 0) is 4.79 Å². The van der Waals surface area contributed by atoms with Gasteiger partial charge in [0, 0.05) is 24.2 Å². The maximum absolute atomic E-state index is 12.3. The highest BCUT2D eigenvalue weighted by atomic mass is 16.4. The van der Waals surface area contributed by atoms with E-state index in [2.05, 4.69) is 10.2 Å². The SMILES string of the molecule is Cc1c(C=CC(=O)O)cccc1C(=O)NC1CCN(C)C1. The lowest BCUT2D eigenvalue weighted by atomic mass is 10.0. The van der Waals surface area contributed by atoms with Gasteiger partial charge >= 0.3 is 5.97 Å². The molecule has 1 fully saturated rings. The molecule has 1 unspecified atom stereocenters. The molecule has 5 nitrogen and oxygen atoms in total. The Morgan fingerprint density at radius 2 is 2.19 bits per heavy atom. The molecule has 0 saturated carbocycles. The van der Waals surface area contributed by atoms with Gasteiger partial charge in [-0.25, -0.2) is 4.79 Å². The molecule has 112 valence electrons. The number of nitrogens with one attached hydrogen (secondary N) is 1. The Hall–Kier alpha value is -2.14. The van der Waals surface area contributed by atoms with Crippen molar-refractivity contribution in [1.29, 1.82) is 0 Å². The molecule has 21 heavy (non-hydrogen) atoms. The summed E-state index contributed by atoms with van der Waals surface area (Å²) in [5.41, 5.74) is 2.13.